The van der Waals surface area contributed by atoms with E-state index < -0.39 is 11.5 Å². The molecule has 0 saturated heterocycles. The van der Waals surface area contributed by atoms with Gasteiger partial charge in [-0.25, -0.2) is 4.68 Å². The first kappa shape index (κ1) is 21.9. The van der Waals surface area contributed by atoms with E-state index in [0.29, 0.717) is 28.7 Å². The molecule has 0 unspecified atom stereocenters. The maximum Gasteiger partial charge on any atom is 0.284 e. The zero-order valence-electron chi connectivity index (χ0n) is 17.1. The lowest BCUT2D eigenvalue weighted by atomic mass is 10.2. The monoisotopic (exact) mass is 511 g/mol. The molecule has 3 aromatic carbocycles. The van der Waals surface area contributed by atoms with Crippen LogP contribution < -0.4 is 15.6 Å². The van der Waals surface area contributed by atoms with E-state index in [1.54, 1.807) is 48.3 Å². The number of ether oxygens (including phenoxy) is 1. The van der Waals surface area contributed by atoms with Crippen molar-refractivity contribution < 1.29 is 9.53 Å². The lowest BCUT2D eigenvalue weighted by Gasteiger charge is -2.12. The standard InChI is InChI=1S/C24H19BrClN3O3/c1-32-21-11-7-19(8-12-21)27-23(30)22-15-28(14-16-3-2-4-18(26)13-16)29(24(22)31)20-9-5-17(25)6-10-20/h2-13,15H,14H2,1H3,(H,27,30). The molecular formula is C24H19BrClN3O3. The number of benzene rings is 3. The maximum atomic E-state index is 13.3. The van der Waals surface area contributed by atoms with Crippen LogP contribution in [0.15, 0.2) is 88.3 Å². The summed E-state index contributed by atoms with van der Waals surface area (Å²) in [5.41, 5.74) is 1.73. The van der Waals surface area contributed by atoms with Crippen LogP contribution in [0.2, 0.25) is 5.02 Å². The van der Waals surface area contributed by atoms with Crippen LogP contribution in [0.25, 0.3) is 5.69 Å². The van der Waals surface area contributed by atoms with Crippen molar-refractivity contribution in [2.45, 2.75) is 6.54 Å². The molecule has 0 bridgehead atoms. The van der Waals surface area contributed by atoms with Gasteiger partial charge < -0.3 is 10.1 Å². The molecule has 1 aromatic heterocycles. The predicted octanol–water partition coefficient (Wildman–Crippen LogP) is 5.36. The number of hydrogen-bond acceptors (Lipinski definition) is 3. The Kier molecular flexibility index (Phi) is 6.48. The van der Waals surface area contributed by atoms with Crippen LogP contribution in [0.1, 0.15) is 15.9 Å². The predicted molar refractivity (Wildman–Crippen MR) is 129 cm³/mol. The third-order valence-electron chi connectivity index (χ3n) is 4.86. The van der Waals surface area contributed by atoms with Crippen molar-refractivity contribution in [1.82, 2.24) is 9.36 Å². The fourth-order valence-electron chi connectivity index (χ4n) is 3.31. The van der Waals surface area contributed by atoms with Crippen molar-refractivity contribution in [2.24, 2.45) is 0 Å². The molecule has 1 amide bonds. The van der Waals surface area contributed by atoms with Gasteiger partial charge in [0.25, 0.3) is 11.5 Å². The summed E-state index contributed by atoms with van der Waals surface area (Å²) in [5.74, 6) is 0.184. The van der Waals surface area contributed by atoms with Crippen LogP contribution in [0.5, 0.6) is 5.75 Å². The highest BCUT2D eigenvalue weighted by molar-refractivity contribution is 9.10. The Labute approximate surface area is 198 Å². The largest absolute Gasteiger partial charge is 0.497 e. The average Bonchev–Trinajstić information content (AvgIpc) is 3.11. The highest BCUT2D eigenvalue weighted by Gasteiger charge is 2.19. The first-order chi connectivity index (χ1) is 15.4. The summed E-state index contributed by atoms with van der Waals surface area (Å²) < 4.78 is 9.22. The summed E-state index contributed by atoms with van der Waals surface area (Å²) in [7, 11) is 1.57. The van der Waals surface area contributed by atoms with E-state index in [1.165, 1.54) is 4.68 Å². The van der Waals surface area contributed by atoms with Gasteiger partial charge in [0.15, 0.2) is 0 Å². The van der Waals surface area contributed by atoms with Crippen LogP contribution in [0.3, 0.4) is 0 Å². The summed E-state index contributed by atoms with van der Waals surface area (Å²) in [4.78, 5) is 26.2. The smallest absolute Gasteiger partial charge is 0.284 e. The Morgan fingerprint density at radius 2 is 1.78 bits per heavy atom. The van der Waals surface area contributed by atoms with Crippen LogP contribution in [-0.2, 0) is 6.54 Å². The topological polar surface area (TPSA) is 65.3 Å². The normalized spacial score (nSPS) is 10.7. The van der Waals surface area contributed by atoms with Crippen LogP contribution in [-0.4, -0.2) is 22.4 Å². The molecule has 0 spiro atoms. The molecule has 0 aliphatic carbocycles. The van der Waals surface area contributed by atoms with Crippen molar-refractivity contribution in [3.8, 4) is 11.4 Å². The SMILES string of the molecule is COc1ccc(NC(=O)c2cn(Cc3cccc(Cl)c3)n(-c3ccc(Br)cc3)c2=O)cc1. The van der Waals surface area contributed by atoms with E-state index in [9.17, 15) is 9.59 Å². The molecular weight excluding hydrogens is 494 g/mol. The Hall–Kier alpha value is -3.29. The second-order valence-corrected chi connectivity index (χ2v) is 8.40. The van der Waals surface area contributed by atoms with Crippen molar-refractivity contribution in [3.05, 3.63) is 110 Å². The Bertz CT molecular complexity index is 1310. The van der Waals surface area contributed by atoms with Crippen LogP contribution in [0, 0.1) is 0 Å². The first-order valence-corrected chi connectivity index (χ1v) is 10.9. The van der Waals surface area contributed by atoms with Gasteiger partial charge in [0.2, 0.25) is 0 Å². The molecule has 0 fully saturated rings. The van der Waals surface area contributed by atoms with Gasteiger partial charge in [0.05, 0.1) is 19.3 Å². The molecule has 0 aliphatic rings. The number of hydrogen-bond donors (Lipinski definition) is 1. The van der Waals surface area contributed by atoms with E-state index in [-0.39, 0.29) is 5.56 Å². The molecule has 0 saturated carbocycles. The maximum absolute atomic E-state index is 13.3. The summed E-state index contributed by atoms with van der Waals surface area (Å²) in [6.45, 7) is 0.363. The van der Waals surface area contributed by atoms with Gasteiger partial charge in [-0.05, 0) is 66.2 Å². The van der Waals surface area contributed by atoms with Gasteiger partial charge in [-0.15, -0.1) is 0 Å². The first-order valence-electron chi connectivity index (χ1n) is 9.73. The molecule has 162 valence electrons. The third-order valence-corrected chi connectivity index (χ3v) is 5.62. The number of methoxy groups -OCH3 is 1. The highest BCUT2D eigenvalue weighted by Crippen LogP contribution is 2.18. The van der Waals surface area contributed by atoms with Crippen molar-refractivity contribution in [2.75, 3.05) is 12.4 Å². The summed E-state index contributed by atoms with van der Waals surface area (Å²) in [6.07, 6.45) is 1.56. The lowest BCUT2D eigenvalue weighted by molar-refractivity contribution is 0.102. The van der Waals surface area contributed by atoms with Gasteiger partial charge in [0, 0.05) is 21.4 Å². The van der Waals surface area contributed by atoms with Crippen molar-refractivity contribution >= 4 is 39.1 Å². The minimum absolute atomic E-state index is 0.0331. The Morgan fingerprint density at radius 3 is 2.44 bits per heavy atom. The Morgan fingerprint density at radius 1 is 1.06 bits per heavy atom. The molecule has 1 heterocycles. The van der Waals surface area contributed by atoms with Gasteiger partial charge in [-0.1, -0.05) is 39.7 Å². The molecule has 8 heteroatoms. The number of nitrogens with one attached hydrogen (secondary N) is 1. The molecule has 4 rings (SSSR count). The number of halogens is 2. The number of carbonyl (C=O) groups is 1. The van der Waals surface area contributed by atoms with E-state index in [4.69, 9.17) is 16.3 Å². The zero-order valence-corrected chi connectivity index (χ0v) is 19.4. The van der Waals surface area contributed by atoms with Gasteiger partial charge >= 0.3 is 0 Å². The van der Waals surface area contributed by atoms with E-state index >= 15 is 0 Å². The zero-order chi connectivity index (χ0) is 22.7. The minimum Gasteiger partial charge on any atom is -0.497 e. The number of amides is 1. The number of carbonyl (C=O) groups excluding carboxylic acids is 1. The lowest BCUT2D eigenvalue weighted by Crippen LogP contribution is -2.26. The van der Waals surface area contributed by atoms with Crippen molar-refractivity contribution in [3.63, 3.8) is 0 Å². The second kappa shape index (κ2) is 9.46. The van der Waals surface area contributed by atoms with E-state index in [0.717, 1.165) is 10.0 Å². The van der Waals surface area contributed by atoms with Gasteiger partial charge in [0.1, 0.15) is 11.3 Å². The van der Waals surface area contributed by atoms with Crippen molar-refractivity contribution in [1.29, 1.82) is 0 Å². The number of nitrogens with zero attached hydrogens (tertiary/aromatic N) is 2. The fraction of sp³-hybridized carbons (Fsp3) is 0.0833. The fourth-order valence-corrected chi connectivity index (χ4v) is 3.79. The summed E-state index contributed by atoms with van der Waals surface area (Å²) >= 11 is 9.54. The second-order valence-electron chi connectivity index (χ2n) is 7.05. The molecule has 4 aromatic rings. The number of anilines is 1. The van der Waals surface area contributed by atoms with E-state index in [2.05, 4.69) is 21.2 Å². The highest BCUT2D eigenvalue weighted by atomic mass is 79.9. The Balaban J connectivity index is 1.73. The van der Waals surface area contributed by atoms with Crippen LogP contribution >= 0.6 is 27.5 Å². The summed E-state index contributed by atoms with van der Waals surface area (Å²) in [5, 5.41) is 3.38. The minimum atomic E-state index is -0.490. The molecule has 1 N–H and O–H groups in total. The third kappa shape index (κ3) is 4.79. The molecule has 32 heavy (non-hydrogen) atoms. The van der Waals surface area contributed by atoms with Gasteiger partial charge in [-0.2, -0.15) is 0 Å². The molecule has 0 radical (unpaired) electrons. The van der Waals surface area contributed by atoms with E-state index in [1.807, 2.05) is 42.5 Å². The van der Waals surface area contributed by atoms with Gasteiger partial charge in [-0.3, -0.25) is 14.3 Å². The average molecular weight is 513 g/mol. The quantitative estimate of drug-likeness (QED) is 0.378. The molecule has 6 nitrogen and oxygen atoms in total. The van der Waals surface area contributed by atoms with Crippen LogP contribution in [0.4, 0.5) is 5.69 Å². The number of aromatic nitrogens is 2. The summed E-state index contributed by atoms with van der Waals surface area (Å²) in [6, 6.07) is 21.6. The number of rotatable bonds is 6. The molecule has 0 atom stereocenters. The molecule has 0 aliphatic heterocycles.